The molecule has 116 valence electrons. The van der Waals surface area contributed by atoms with Crippen molar-refractivity contribution in [1.82, 2.24) is 4.98 Å². The number of amides is 1. The van der Waals surface area contributed by atoms with E-state index in [-0.39, 0.29) is 5.56 Å². The zero-order chi connectivity index (χ0) is 16.7. The van der Waals surface area contributed by atoms with Gasteiger partial charge in [-0.05, 0) is 55.2 Å². The van der Waals surface area contributed by atoms with Crippen LogP contribution in [0.25, 0.3) is 22.8 Å². The monoisotopic (exact) mass is 308 g/mol. The number of halogens is 1. The molecule has 1 heterocycles. The molecular formula is C19H17FN2O. The molecule has 1 amide bonds. The number of allylic oxidation sites excluding steroid dienone is 2. The number of fused-ring (bicyclic) bond motifs is 1. The maximum Gasteiger partial charge on any atom is 0.249 e. The van der Waals surface area contributed by atoms with Crippen molar-refractivity contribution in [2.24, 2.45) is 5.73 Å². The SMILES string of the molecule is C=Cc1ncccc1-c1c(F)cc(C(N)=O)c2c1C(C)=C(C)C2. The number of nitrogens with zero attached hydrogens (tertiary/aromatic N) is 1. The fourth-order valence-corrected chi connectivity index (χ4v) is 3.17. The van der Waals surface area contributed by atoms with Crippen molar-refractivity contribution in [3.05, 3.63) is 64.7 Å². The summed E-state index contributed by atoms with van der Waals surface area (Å²) in [7, 11) is 0. The van der Waals surface area contributed by atoms with Gasteiger partial charge in [-0.1, -0.05) is 18.2 Å². The summed E-state index contributed by atoms with van der Waals surface area (Å²) in [6.07, 6.45) is 3.85. The van der Waals surface area contributed by atoms with Gasteiger partial charge in [-0.25, -0.2) is 4.39 Å². The van der Waals surface area contributed by atoms with E-state index in [9.17, 15) is 9.18 Å². The van der Waals surface area contributed by atoms with Crippen LogP contribution in [-0.4, -0.2) is 10.9 Å². The first-order valence-corrected chi connectivity index (χ1v) is 7.35. The van der Waals surface area contributed by atoms with Crippen LogP contribution in [0.4, 0.5) is 4.39 Å². The summed E-state index contributed by atoms with van der Waals surface area (Å²) in [5.41, 5.74) is 11.1. The third-order valence-corrected chi connectivity index (χ3v) is 4.41. The summed E-state index contributed by atoms with van der Waals surface area (Å²) in [4.78, 5) is 16.0. The summed E-state index contributed by atoms with van der Waals surface area (Å²) in [6.45, 7) is 7.68. The van der Waals surface area contributed by atoms with Gasteiger partial charge < -0.3 is 5.73 Å². The number of hydrogen-bond donors (Lipinski definition) is 1. The van der Waals surface area contributed by atoms with Crippen LogP contribution in [0.2, 0.25) is 0 Å². The van der Waals surface area contributed by atoms with Gasteiger partial charge in [0.1, 0.15) is 5.82 Å². The van der Waals surface area contributed by atoms with E-state index in [1.807, 2.05) is 19.9 Å². The molecule has 0 aliphatic heterocycles. The van der Waals surface area contributed by atoms with Crippen molar-refractivity contribution < 1.29 is 9.18 Å². The van der Waals surface area contributed by atoms with Crippen molar-refractivity contribution >= 4 is 17.6 Å². The molecule has 4 heteroatoms. The van der Waals surface area contributed by atoms with Crippen molar-refractivity contribution in [1.29, 1.82) is 0 Å². The van der Waals surface area contributed by atoms with Gasteiger partial charge in [0.15, 0.2) is 0 Å². The second-order valence-electron chi connectivity index (χ2n) is 5.72. The number of hydrogen-bond acceptors (Lipinski definition) is 2. The van der Waals surface area contributed by atoms with E-state index in [4.69, 9.17) is 5.73 Å². The second kappa shape index (κ2) is 5.47. The van der Waals surface area contributed by atoms with Crippen LogP contribution >= 0.6 is 0 Å². The van der Waals surface area contributed by atoms with Crippen molar-refractivity contribution in [3.8, 4) is 11.1 Å². The van der Waals surface area contributed by atoms with Crippen LogP contribution in [0.5, 0.6) is 0 Å². The average molecular weight is 308 g/mol. The standard InChI is InChI=1S/C19H17FN2O/c1-4-16-12(6-5-7-22-16)18-15(20)9-14(19(21)23)13-8-10(2)11(3)17(13)18/h4-7,9H,1,8H2,2-3H3,(H2,21,23). The average Bonchev–Trinajstić information content (AvgIpc) is 2.82. The van der Waals surface area contributed by atoms with Gasteiger partial charge >= 0.3 is 0 Å². The van der Waals surface area contributed by atoms with Gasteiger partial charge in [0.25, 0.3) is 0 Å². The summed E-state index contributed by atoms with van der Waals surface area (Å²) < 4.78 is 14.9. The number of aromatic nitrogens is 1. The minimum Gasteiger partial charge on any atom is -0.366 e. The molecule has 0 fully saturated rings. The first-order chi connectivity index (χ1) is 11.0. The zero-order valence-electron chi connectivity index (χ0n) is 13.1. The molecule has 0 saturated heterocycles. The normalized spacial score (nSPS) is 13.2. The first kappa shape index (κ1) is 15.2. The number of rotatable bonds is 3. The molecule has 1 aliphatic carbocycles. The Kier molecular flexibility index (Phi) is 3.60. The fourth-order valence-electron chi connectivity index (χ4n) is 3.17. The van der Waals surface area contributed by atoms with Crippen LogP contribution in [0, 0.1) is 5.82 Å². The highest BCUT2D eigenvalue weighted by molar-refractivity contribution is 6.00. The number of pyridine rings is 1. The molecule has 0 bridgehead atoms. The van der Waals surface area contributed by atoms with E-state index >= 15 is 0 Å². The highest BCUT2D eigenvalue weighted by Crippen LogP contribution is 2.43. The summed E-state index contributed by atoms with van der Waals surface area (Å²) in [5, 5.41) is 0. The fraction of sp³-hybridized carbons (Fsp3) is 0.158. The van der Waals surface area contributed by atoms with Crippen LogP contribution < -0.4 is 5.73 Å². The Bertz CT molecular complexity index is 881. The molecular weight excluding hydrogens is 291 g/mol. The minimum atomic E-state index is -0.607. The van der Waals surface area contributed by atoms with E-state index in [0.29, 0.717) is 23.2 Å². The molecule has 2 N–H and O–H groups in total. The lowest BCUT2D eigenvalue weighted by Crippen LogP contribution is -2.15. The van der Waals surface area contributed by atoms with Crippen LogP contribution in [0.3, 0.4) is 0 Å². The lowest BCUT2D eigenvalue weighted by Gasteiger charge is -2.16. The zero-order valence-corrected chi connectivity index (χ0v) is 13.1. The Hall–Kier alpha value is -2.75. The van der Waals surface area contributed by atoms with E-state index < -0.39 is 11.7 Å². The van der Waals surface area contributed by atoms with Crippen LogP contribution in [-0.2, 0) is 6.42 Å². The van der Waals surface area contributed by atoms with Gasteiger partial charge in [-0.15, -0.1) is 0 Å². The van der Waals surface area contributed by atoms with E-state index in [1.165, 1.54) is 6.07 Å². The predicted molar refractivity (Wildman–Crippen MR) is 90.2 cm³/mol. The van der Waals surface area contributed by atoms with E-state index in [0.717, 1.165) is 22.3 Å². The predicted octanol–water partition coefficient (Wildman–Crippen LogP) is 3.98. The maximum absolute atomic E-state index is 14.9. The van der Waals surface area contributed by atoms with Crippen molar-refractivity contribution in [3.63, 3.8) is 0 Å². The quantitative estimate of drug-likeness (QED) is 0.932. The molecule has 1 aromatic heterocycles. The molecule has 23 heavy (non-hydrogen) atoms. The first-order valence-electron chi connectivity index (χ1n) is 7.35. The molecule has 3 rings (SSSR count). The Morgan fingerprint density at radius 2 is 2.13 bits per heavy atom. The lowest BCUT2D eigenvalue weighted by atomic mass is 9.89. The molecule has 0 unspecified atom stereocenters. The Balaban J connectivity index is 2.42. The van der Waals surface area contributed by atoms with Gasteiger partial charge in [0.05, 0.1) is 5.69 Å². The van der Waals surface area contributed by atoms with E-state index in [2.05, 4.69) is 11.6 Å². The third kappa shape index (κ3) is 2.27. The third-order valence-electron chi connectivity index (χ3n) is 4.41. The Labute approximate surface area is 134 Å². The van der Waals surface area contributed by atoms with Gasteiger partial charge in [-0.2, -0.15) is 0 Å². The van der Waals surface area contributed by atoms with E-state index in [1.54, 1.807) is 18.3 Å². The summed E-state index contributed by atoms with van der Waals surface area (Å²) in [6, 6.07) is 4.81. The molecule has 0 atom stereocenters. The molecule has 3 nitrogen and oxygen atoms in total. The molecule has 1 aromatic carbocycles. The Morgan fingerprint density at radius 3 is 2.78 bits per heavy atom. The lowest BCUT2D eigenvalue weighted by molar-refractivity contribution is 0.0999. The van der Waals surface area contributed by atoms with Crippen LogP contribution in [0.15, 0.2) is 36.5 Å². The topological polar surface area (TPSA) is 56.0 Å². The minimum absolute atomic E-state index is 0.251. The molecule has 1 aliphatic rings. The largest absolute Gasteiger partial charge is 0.366 e. The Morgan fingerprint density at radius 1 is 1.39 bits per heavy atom. The van der Waals surface area contributed by atoms with Gasteiger partial charge in [-0.3, -0.25) is 9.78 Å². The summed E-state index contributed by atoms with van der Waals surface area (Å²) in [5.74, 6) is -1.08. The smallest absolute Gasteiger partial charge is 0.249 e. The van der Waals surface area contributed by atoms with Gasteiger partial charge in [0, 0.05) is 22.9 Å². The maximum atomic E-state index is 14.9. The highest BCUT2D eigenvalue weighted by Gasteiger charge is 2.28. The molecule has 2 aromatic rings. The number of benzene rings is 1. The number of carbonyl (C=O) groups excluding carboxylic acids is 1. The number of carbonyl (C=O) groups is 1. The van der Waals surface area contributed by atoms with Crippen LogP contribution in [0.1, 0.15) is 41.0 Å². The van der Waals surface area contributed by atoms with Crippen molar-refractivity contribution in [2.75, 3.05) is 0 Å². The molecule has 0 spiro atoms. The molecule has 0 radical (unpaired) electrons. The molecule has 0 saturated carbocycles. The number of nitrogens with two attached hydrogens (primary N) is 1. The second-order valence-corrected chi connectivity index (χ2v) is 5.72. The van der Waals surface area contributed by atoms with Gasteiger partial charge in [0.2, 0.25) is 5.91 Å². The summed E-state index contributed by atoms with van der Waals surface area (Å²) >= 11 is 0. The van der Waals surface area contributed by atoms with Crippen molar-refractivity contribution in [2.45, 2.75) is 20.3 Å². The number of primary amides is 1. The highest BCUT2D eigenvalue weighted by atomic mass is 19.1.